The summed E-state index contributed by atoms with van der Waals surface area (Å²) in [5.41, 5.74) is 3.86. The first kappa shape index (κ1) is 17.1. The monoisotopic (exact) mass is 390 g/mol. The average Bonchev–Trinajstić information content (AvgIpc) is 3.37. The van der Waals surface area contributed by atoms with Gasteiger partial charge in [0, 0.05) is 28.7 Å². The van der Waals surface area contributed by atoms with E-state index in [0.29, 0.717) is 24.9 Å². The smallest absolute Gasteiger partial charge is 0.324 e. The summed E-state index contributed by atoms with van der Waals surface area (Å²) in [6.07, 6.45) is 0. The zero-order valence-electron chi connectivity index (χ0n) is 14.4. The molecule has 1 atom stereocenters. The largest absolute Gasteiger partial charge is 0.377 e. The van der Waals surface area contributed by atoms with Crippen LogP contribution in [0.4, 0.5) is 9.93 Å². The highest BCUT2D eigenvalue weighted by atomic mass is 32.1. The summed E-state index contributed by atoms with van der Waals surface area (Å²) >= 11 is 2.97. The number of hydrogen-bond acceptors (Lipinski definition) is 7. The maximum absolute atomic E-state index is 12.9. The molecule has 10 heteroatoms. The highest BCUT2D eigenvalue weighted by Crippen LogP contribution is 2.31. The van der Waals surface area contributed by atoms with Gasteiger partial charge in [-0.3, -0.25) is 10.4 Å². The van der Waals surface area contributed by atoms with Gasteiger partial charge in [-0.05, 0) is 25.3 Å². The molecule has 1 unspecified atom stereocenters. The number of hydrogen-bond donors (Lipinski definition) is 2. The minimum atomic E-state index is -0.202. The Labute approximate surface area is 158 Å². The van der Waals surface area contributed by atoms with Crippen LogP contribution in [-0.2, 0) is 4.74 Å². The summed E-state index contributed by atoms with van der Waals surface area (Å²) in [6.45, 7) is 5.36. The minimum absolute atomic E-state index is 0.174. The van der Waals surface area contributed by atoms with Gasteiger partial charge in [0.25, 0.3) is 0 Å². The number of carbonyl (C=O) groups is 1. The van der Waals surface area contributed by atoms with Gasteiger partial charge in [0.2, 0.25) is 5.13 Å². The summed E-state index contributed by atoms with van der Waals surface area (Å²) in [6, 6.07) is 1.61. The van der Waals surface area contributed by atoms with Crippen LogP contribution in [0.5, 0.6) is 0 Å². The molecule has 3 aromatic heterocycles. The molecule has 3 aromatic rings. The SMILES string of the molecule is Cc1n[nH]c(C)c1C1COCCN1C(=O)Nc1nnc(-c2ccsc2)s1. The Morgan fingerprint density at radius 1 is 1.42 bits per heavy atom. The molecule has 26 heavy (non-hydrogen) atoms. The van der Waals surface area contributed by atoms with E-state index < -0.39 is 0 Å². The van der Waals surface area contributed by atoms with E-state index in [0.717, 1.165) is 27.5 Å². The van der Waals surface area contributed by atoms with Crippen molar-refractivity contribution < 1.29 is 9.53 Å². The van der Waals surface area contributed by atoms with Crippen molar-refractivity contribution in [3.63, 3.8) is 0 Å². The second-order valence-corrected chi connectivity index (χ2v) is 7.74. The lowest BCUT2D eigenvalue weighted by atomic mass is 10.0. The average molecular weight is 390 g/mol. The van der Waals surface area contributed by atoms with Crippen LogP contribution in [0.15, 0.2) is 16.8 Å². The third kappa shape index (κ3) is 3.22. The Balaban J connectivity index is 1.53. The molecule has 0 radical (unpaired) electrons. The molecule has 0 spiro atoms. The zero-order valence-corrected chi connectivity index (χ0v) is 16.0. The Hall–Kier alpha value is -2.30. The van der Waals surface area contributed by atoms with Crippen LogP contribution in [0.25, 0.3) is 10.6 Å². The van der Waals surface area contributed by atoms with E-state index in [4.69, 9.17) is 4.74 Å². The van der Waals surface area contributed by atoms with Gasteiger partial charge >= 0.3 is 6.03 Å². The molecule has 1 saturated heterocycles. The van der Waals surface area contributed by atoms with Crippen molar-refractivity contribution in [2.75, 3.05) is 25.1 Å². The molecule has 2 N–H and O–H groups in total. The Bertz CT molecular complexity index is 884. The first-order chi connectivity index (χ1) is 12.6. The second kappa shape index (κ2) is 7.14. The van der Waals surface area contributed by atoms with Gasteiger partial charge in [-0.2, -0.15) is 16.4 Å². The van der Waals surface area contributed by atoms with Crippen LogP contribution >= 0.6 is 22.7 Å². The first-order valence-electron chi connectivity index (χ1n) is 8.16. The predicted molar refractivity (Wildman–Crippen MR) is 101 cm³/mol. The Morgan fingerprint density at radius 3 is 3.04 bits per heavy atom. The number of aromatic amines is 1. The number of urea groups is 1. The molecule has 0 saturated carbocycles. The quantitative estimate of drug-likeness (QED) is 0.716. The van der Waals surface area contributed by atoms with E-state index >= 15 is 0 Å². The van der Waals surface area contributed by atoms with Crippen LogP contribution in [0.2, 0.25) is 0 Å². The van der Waals surface area contributed by atoms with Crippen molar-refractivity contribution >= 4 is 33.8 Å². The van der Waals surface area contributed by atoms with Gasteiger partial charge in [0.1, 0.15) is 5.01 Å². The van der Waals surface area contributed by atoms with Crippen LogP contribution in [0.1, 0.15) is 23.0 Å². The van der Waals surface area contributed by atoms with Crippen LogP contribution in [-0.4, -0.2) is 51.1 Å². The first-order valence-corrected chi connectivity index (χ1v) is 9.92. The number of aryl methyl sites for hydroxylation is 2. The zero-order chi connectivity index (χ0) is 18.1. The van der Waals surface area contributed by atoms with Gasteiger partial charge < -0.3 is 9.64 Å². The molecule has 4 heterocycles. The highest BCUT2D eigenvalue weighted by Gasteiger charge is 2.32. The maximum atomic E-state index is 12.9. The number of carbonyl (C=O) groups excluding carboxylic acids is 1. The molecule has 8 nitrogen and oxygen atoms in total. The normalized spacial score (nSPS) is 17.5. The van der Waals surface area contributed by atoms with Crippen molar-refractivity contribution in [1.29, 1.82) is 0 Å². The molecule has 1 aliphatic heterocycles. The van der Waals surface area contributed by atoms with E-state index in [2.05, 4.69) is 25.7 Å². The van der Waals surface area contributed by atoms with Gasteiger partial charge in [-0.25, -0.2) is 4.79 Å². The van der Waals surface area contributed by atoms with Gasteiger partial charge in [-0.15, -0.1) is 10.2 Å². The number of thiophene rings is 1. The van der Waals surface area contributed by atoms with Crippen molar-refractivity contribution in [3.05, 3.63) is 33.8 Å². The number of H-pyrrole nitrogens is 1. The van der Waals surface area contributed by atoms with E-state index in [1.807, 2.05) is 30.7 Å². The van der Waals surface area contributed by atoms with Crippen molar-refractivity contribution in [2.24, 2.45) is 0 Å². The molecule has 0 aliphatic carbocycles. The third-order valence-electron chi connectivity index (χ3n) is 4.31. The third-order valence-corrected chi connectivity index (χ3v) is 5.89. The summed E-state index contributed by atoms with van der Waals surface area (Å²) < 4.78 is 5.61. The number of rotatable bonds is 3. The highest BCUT2D eigenvalue weighted by molar-refractivity contribution is 7.19. The minimum Gasteiger partial charge on any atom is -0.377 e. The Morgan fingerprint density at radius 2 is 2.31 bits per heavy atom. The predicted octanol–water partition coefficient (Wildman–Crippen LogP) is 3.21. The fourth-order valence-corrected chi connectivity index (χ4v) is 4.52. The lowest BCUT2D eigenvalue weighted by molar-refractivity contribution is 0.0143. The molecule has 0 bridgehead atoms. The van der Waals surface area contributed by atoms with Gasteiger partial charge in [0.15, 0.2) is 0 Å². The van der Waals surface area contributed by atoms with E-state index in [9.17, 15) is 4.79 Å². The molecule has 0 aromatic carbocycles. The standard InChI is InChI=1S/C16H18N6O2S2/c1-9-13(10(2)19-18-9)12-7-24-5-4-22(12)16(23)17-15-21-20-14(26-15)11-3-6-25-8-11/h3,6,8,12H,4-5,7H2,1-2H3,(H,18,19)(H,17,21,23). The Kier molecular flexibility index (Phi) is 4.70. The lowest BCUT2D eigenvalue weighted by Crippen LogP contribution is -2.45. The van der Waals surface area contributed by atoms with E-state index in [1.165, 1.54) is 11.3 Å². The second-order valence-electron chi connectivity index (χ2n) is 5.99. The van der Waals surface area contributed by atoms with Crippen LogP contribution < -0.4 is 5.32 Å². The number of amides is 2. The van der Waals surface area contributed by atoms with Crippen LogP contribution in [0.3, 0.4) is 0 Å². The molecule has 4 rings (SSSR count). The molecular formula is C16H18N6O2S2. The topological polar surface area (TPSA) is 96.0 Å². The van der Waals surface area contributed by atoms with E-state index in [-0.39, 0.29) is 12.1 Å². The van der Waals surface area contributed by atoms with Crippen molar-refractivity contribution in [3.8, 4) is 10.6 Å². The summed E-state index contributed by atoms with van der Waals surface area (Å²) in [7, 11) is 0. The number of anilines is 1. The lowest BCUT2D eigenvalue weighted by Gasteiger charge is -2.35. The van der Waals surface area contributed by atoms with Crippen LogP contribution in [0, 0.1) is 13.8 Å². The summed E-state index contributed by atoms with van der Waals surface area (Å²) in [4.78, 5) is 14.6. The molecule has 1 aliphatic rings. The molecular weight excluding hydrogens is 372 g/mol. The number of aromatic nitrogens is 4. The molecule has 136 valence electrons. The fourth-order valence-electron chi connectivity index (χ4n) is 3.08. The number of ether oxygens (including phenoxy) is 1. The van der Waals surface area contributed by atoms with Crippen molar-refractivity contribution in [2.45, 2.75) is 19.9 Å². The summed E-state index contributed by atoms with van der Waals surface area (Å²) in [5, 5.41) is 23.6. The number of nitrogens with zero attached hydrogens (tertiary/aromatic N) is 4. The van der Waals surface area contributed by atoms with Gasteiger partial charge in [-0.1, -0.05) is 11.3 Å². The molecule has 1 fully saturated rings. The van der Waals surface area contributed by atoms with E-state index in [1.54, 1.807) is 16.2 Å². The molecule has 2 amide bonds. The summed E-state index contributed by atoms with van der Waals surface area (Å²) in [5.74, 6) is 0. The fraction of sp³-hybridized carbons (Fsp3) is 0.375. The van der Waals surface area contributed by atoms with Gasteiger partial charge in [0.05, 0.1) is 24.9 Å². The number of nitrogens with one attached hydrogen (secondary N) is 2. The number of morpholine rings is 1. The van der Waals surface area contributed by atoms with Crippen molar-refractivity contribution in [1.82, 2.24) is 25.3 Å². The maximum Gasteiger partial charge on any atom is 0.324 e.